The van der Waals surface area contributed by atoms with Crippen LogP contribution in [0.4, 0.5) is 10.3 Å². The number of benzene rings is 2. The number of para-hydroxylation sites is 1. The SMILES string of the molecule is CS(=O)(=O)c1cc2oc(N)c(C(N)=O)c(=O)c2cc1Oc1ccccc1F. The Morgan fingerprint density at radius 1 is 1.19 bits per heavy atom. The van der Waals surface area contributed by atoms with Gasteiger partial charge in [0.05, 0.1) is 5.39 Å². The molecule has 0 fully saturated rings. The summed E-state index contributed by atoms with van der Waals surface area (Å²) in [5.74, 6) is -2.95. The third-order valence-corrected chi connectivity index (χ3v) is 4.80. The van der Waals surface area contributed by atoms with E-state index in [4.69, 9.17) is 20.6 Å². The zero-order valence-corrected chi connectivity index (χ0v) is 14.7. The number of anilines is 1. The number of ether oxygens (including phenoxy) is 1. The van der Waals surface area contributed by atoms with Gasteiger partial charge in [-0.25, -0.2) is 12.8 Å². The van der Waals surface area contributed by atoms with Crippen LogP contribution in [-0.2, 0) is 9.84 Å². The molecule has 3 aromatic rings. The monoisotopic (exact) mass is 392 g/mol. The summed E-state index contributed by atoms with van der Waals surface area (Å²) in [5.41, 5.74) is 9.03. The van der Waals surface area contributed by atoms with Gasteiger partial charge in [0.25, 0.3) is 5.91 Å². The molecule has 0 aliphatic heterocycles. The normalized spacial score (nSPS) is 11.5. The first-order chi connectivity index (χ1) is 12.6. The van der Waals surface area contributed by atoms with Crippen molar-refractivity contribution in [2.45, 2.75) is 4.90 Å². The summed E-state index contributed by atoms with van der Waals surface area (Å²) >= 11 is 0. The molecular weight excluding hydrogens is 379 g/mol. The first-order valence-electron chi connectivity index (χ1n) is 7.42. The topological polar surface area (TPSA) is 143 Å². The van der Waals surface area contributed by atoms with Crippen molar-refractivity contribution >= 4 is 32.6 Å². The number of nitrogens with two attached hydrogens (primary N) is 2. The fourth-order valence-electron chi connectivity index (χ4n) is 2.47. The third-order valence-electron chi connectivity index (χ3n) is 3.69. The minimum atomic E-state index is -3.85. The summed E-state index contributed by atoms with van der Waals surface area (Å²) < 4.78 is 48.7. The molecule has 0 atom stereocenters. The van der Waals surface area contributed by atoms with Gasteiger partial charge in [-0.3, -0.25) is 9.59 Å². The molecule has 140 valence electrons. The van der Waals surface area contributed by atoms with Gasteiger partial charge in [-0.2, -0.15) is 0 Å². The Balaban J connectivity index is 2.35. The van der Waals surface area contributed by atoms with Crippen LogP contribution < -0.4 is 21.6 Å². The quantitative estimate of drug-likeness (QED) is 0.689. The lowest BCUT2D eigenvalue weighted by Crippen LogP contribution is -2.23. The van der Waals surface area contributed by atoms with Crippen LogP contribution in [-0.4, -0.2) is 20.6 Å². The van der Waals surface area contributed by atoms with Gasteiger partial charge in [0.15, 0.2) is 21.4 Å². The number of fused-ring (bicyclic) bond motifs is 1. The highest BCUT2D eigenvalue weighted by atomic mass is 32.2. The van der Waals surface area contributed by atoms with Crippen molar-refractivity contribution in [3.8, 4) is 11.5 Å². The van der Waals surface area contributed by atoms with Crippen molar-refractivity contribution in [2.75, 3.05) is 12.0 Å². The largest absolute Gasteiger partial charge is 0.453 e. The maximum atomic E-state index is 13.9. The van der Waals surface area contributed by atoms with E-state index in [0.29, 0.717) is 0 Å². The molecule has 8 nitrogen and oxygen atoms in total. The number of sulfone groups is 1. The first-order valence-corrected chi connectivity index (χ1v) is 9.31. The molecule has 0 saturated heterocycles. The second-order valence-electron chi connectivity index (χ2n) is 5.63. The average Bonchev–Trinajstić information content (AvgIpc) is 2.55. The summed E-state index contributed by atoms with van der Waals surface area (Å²) in [7, 11) is -3.85. The number of hydrogen-bond acceptors (Lipinski definition) is 7. The Labute approximate surface area is 152 Å². The number of carbonyl (C=O) groups excluding carboxylic acids is 1. The van der Waals surface area contributed by atoms with Gasteiger partial charge < -0.3 is 20.6 Å². The lowest BCUT2D eigenvalue weighted by Gasteiger charge is -2.12. The molecule has 1 heterocycles. The van der Waals surface area contributed by atoms with Gasteiger partial charge >= 0.3 is 0 Å². The van der Waals surface area contributed by atoms with Gasteiger partial charge in [-0.1, -0.05) is 12.1 Å². The molecule has 4 N–H and O–H groups in total. The summed E-state index contributed by atoms with van der Waals surface area (Å²) in [5, 5.41) is -0.197. The molecule has 0 saturated carbocycles. The van der Waals surface area contributed by atoms with Crippen molar-refractivity contribution in [2.24, 2.45) is 5.73 Å². The highest BCUT2D eigenvalue weighted by Crippen LogP contribution is 2.34. The Bertz CT molecular complexity index is 1250. The second-order valence-corrected chi connectivity index (χ2v) is 7.62. The van der Waals surface area contributed by atoms with Crippen LogP contribution in [0.1, 0.15) is 10.4 Å². The van der Waals surface area contributed by atoms with Crippen molar-refractivity contribution in [3.05, 3.63) is 58.0 Å². The van der Waals surface area contributed by atoms with Gasteiger partial charge in [0.1, 0.15) is 21.8 Å². The number of hydrogen-bond donors (Lipinski definition) is 2. The van der Waals surface area contributed by atoms with Crippen molar-refractivity contribution in [1.29, 1.82) is 0 Å². The Morgan fingerprint density at radius 2 is 1.85 bits per heavy atom. The number of amides is 1. The van der Waals surface area contributed by atoms with Crippen LogP contribution in [0.2, 0.25) is 0 Å². The summed E-state index contributed by atoms with van der Waals surface area (Å²) in [4.78, 5) is 23.6. The third kappa shape index (κ3) is 3.34. The molecule has 0 aliphatic carbocycles. The number of rotatable bonds is 4. The molecule has 3 rings (SSSR count). The van der Waals surface area contributed by atoms with Crippen LogP contribution in [0.3, 0.4) is 0 Å². The first kappa shape index (κ1) is 18.4. The average molecular weight is 392 g/mol. The zero-order valence-electron chi connectivity index (χ0n) is 13.9. The molecule has 0 spiro atoms. The van der Waals surface area contributed by atoms with Crippen molar-refractivity contribution < 1.29 is 26.8 Å². The summed E-state index contributed by atoms with van der Waals surface area (Å²) in [6.07, 6.45) is 0.904. The number of carbonyl (C=O) groups is 1. The van der Waals surface area contributed by atoms with Gasteiger partial charge in [-0.15, -0.1) is 0 Å². The van der Waals surface area contributed by atoms with Gasteiger partial charge in [0, 0.05) is 12.3 Å². The molecule has 2 aromatic carbocycles. The maximum absolute atomic E-state index is 13.9. The van der Waals surface area contributed by atoms with Crippen LogP contribution in [0, 0.1) is 5.82 Å². The molecule has 0 bridgehead atoms. The lowest BCUT2D eigenvalue weighted by atomic mass is 10.1. The van der Waals surface area contributed by atoms with E-state index < -0.39 is 38.4 Å². The van der Waals surface area contributed by atoms with Gasteiger partial charge in [-0.05, 0) is 18.2 Å². The Morgan fingerprint density at radius 3 is 2.44 bits per heavy atom. The van der Waals surface area contributed by atoms with Gasteiger partial charge in [0.2, 0.25) is 11.3 Å². The van der Waals surface area contributed by atoms with Crippen molar-refractivity contribution in [1.82, 2.24) is 0 Å². The standard InChI is InChI=1S/C17H13FN2O6S/c1-27(23,24)13-7-11-8(15(21)14(16(19)22)17(20)26-11)6-12(13)25-10-5-3-2-4-9(10)18/h2-7H,20H2,1H3,(H2,19,22). The summed E-state index contributed by atoms with van der Waals surface area (Å²) in [6.45, 7) is 0. The smallest absolute Gasteiger partial charge is 0.258 e. The van der Waals surface area contributed by atoms with E-state index in [9.17, 15) is 22.4 Å². The molecule has 27 heavy (non-hydrogen) atoms. The molecule has 0 unspecified atom stereocenters. The number of primary amides is 1. The molecule has 0 aliphatic rings. The van der Waals surface area contributed by atoms with Crippen LogP contribution in [0.15, 0.2) is 50.5 Å². The van der Waals surface area contributed by atoms with Crippen LogP contribution in [0.25, 0.3) is 11.0 Å². The van der Waals surface area contributed by atoms with E-state index in [2.05, 4.69) is 0 Å². The van der Waals surface area contributed by atoms with E-state index in [1.807, 2.05) is 0 Å². The summed E-state index contributed by atoms with van der Waals surface area (Å²) in [6, 6.07) is 7.37. The lowest BCUT2D eigenvalue weighted by molar-refractivity contribution is 0.0999. The number of nitrogen functional groups attached to an aromatic ring is 1. The minimum Gasteiger partial charge on any atom is -0.453 e. The zero-order chi connectivity index (χ0) is 19.9. The molecule has 0 radical (unpaired) electrons. The molecule has 1 amide bonds. The maximum Gasteiger partial charge on any atom is 0.258 e. The minimum absolute atomic E-state index is 0.191. The molecule has 10 heteroatoms. The fraction of sp³-hybridized carbons (Fsp3) is 0.0588. The van der Waals surface area contributed by atoms with E-state index in [1.165, 1.54) is 18.2 Å². The predicted molar refractivity (Wildman–Crippen MR) is 95.0 cm³/mol. The van der Waals surface area contributed by atoms with Crippen molar-refractivity contribution in [3.63, 3.8) is 0 Å². The highest BCUT2D eigenvalue weighted by molar-refractivity contribution is 7.90. The van der Waals surface area contributed by atoms with E-state index >= 15 is 0 Å². The Kier molecular flexibility index (Phi) is 4.36. The second kappa shape index (κ2) is 6.40. The number of halogens is 1. The van der Waals surface area contributed by atoms with Crippen LogP contribution >= 0.6 is 0 Å². The predicted octanol–water partition coefficient (Wildman–Crippen LogP) is 1.81. The highest BCUT2D eigenvalue weighted by Gasteiger charge is 2.23. The molecular formula is C17H13FN2O6S. The fourth-order valence-corrected chi connectivity index (χ4v) is 3.26. The van der Waals surface area contributed by atoms with Crippen LogP contribution in [0.5, 0.6) is 11.5 Å². The van der Waals surface area contributed by atoms with E-state index in [1.54, 1.807) is 0 Å². The van der Waals surface area contributed by atoms with E-state index in [0.717, 1.165) is 24.5 Å². The molecule has 1 aromatic heterocycles. The van der Waals surface area contributed by atoms with E-state index in [-0.39, 0.29) is 27.4 Å². The Hall–Kier alpha value is -3.40.